The first-order valence-electron chi connectivity index (χ1n) is 3.16. The minimum absolute atomic E-state index is 0.0462. The number of rotatable bonds is 1. The molecule has 0 aliphatic heterocycles. The van der Waals surface area contributed by atoms with E-state index in [1.807, 2.05) is 0 Å². The van der Waals surface area contributed by atoms with Crippen molar-refractivity contribution in [3.05, 3.63) is 0 Å². The molecule has 0 heterocycles. The van der Waals surface area contributed by atoms with Crippen molar-refractivity contribution < 1.29 is 4.79 Å². The highest BCUT2D eigenvalue weighted by atomic mass is 16.1. The van der Waals surface area contributed by atoms with Gasteiger partial charge in [-0.1, -0.05) is 20.8 Å². The van der Waals surface area contributed by atoms with Gasteiger partial charge in [-0.15, -0.1) is 0 Å². The van der Waals surface area contributed by atoms with E-state index in [-0.39, 0.29) is 11.3 Å². The number of hydrogen-bond acceptors (Lipinski definition) is 1. The van der Waals surface area contributed by atoms with Crippen molar-refractivity contribution in [3.8, 4) is 0 Å². The van der Waals surface area contributed by atoms with Gasteiger partial charge in [-0.05, 0) is 5.41 Å². The van der Waals surface area contributed by atoms with Gasteiger partial charge in [0.2, 0.25) is 5.91 Å². The molecular weight excluding hydrogens is 114 g/mol. The normalized spacial score (nSPS) is 11.1. The fraction of sp³-hybridized carbons (Fsp3) is 0.857. The summed E-state index contributed by atoms with van der Waals surface area (Å²) in [7, 11) is 0. The van der Waals surface area contributed by atoms with Gasteiger partial charge in [0.1, 0.15) is 0 Å². The molecule has 0 saturated heterocycles. The summed E-state index contributed by atoms with van der Waals surface area (Å²) in [6.07, 6.45) is 0. The first-order valence-corrected chi connectivity index (χ1v) is 3.16. The Morgan fingerprint density at radius 1 is 1.44 bits per heavy atom. The van der Waals surface area contributed by atoms with Crippen molar-refractivity contribution in [2.24, 2.45) is 5.41 Å². The van der Waals surface area contributed by atoms with Crippen LogP contribution in [0.1, 0.15) is 27.7 Å². The van der Waals surface area contributed by atoms with Crippen molar-refractivity contribution in [1.29, 1.82) is 0 Å². The summed E-state index contributed by atoms with van der Waals surface area (Å²) in [5.74, 6) is 0.0462. The van der Waals surface area contributed by atoms with E-state index in [4.69, 9.17) is 0 Å². The molecule has 1 N–H and O–H groups in total. The van der Waals surface area contributed by atoms with Crippen molar-refractivity contribution >= 4 is 5.91 Å². The van der Waals surface area contributed by atoms with Gasteiger partial charge in [0.25, 0.3) is 0 Å². The molecule has 0 bridgehead atoms. The first kappa shape index (κ1) is 8.47. The van der Waals surface area contributed by atoms with Crippen LogP contribution >= 0.6 is 0 Å². The molecule has 0 aliphatic rings. The average Bonchev–Trinajstić information content (AvgIpc) is 1.59. The Morgan fingerprint density at radius 3 is 2.00 bits per heavy atom. The molecule has 0 spiro atoms. The van der Waals surface area contributed by atoms with E-state index in [9.17, 15) is 4.79 Å². The highest BCUT2D eigenvalue weighted by molar-refractivity contribution is 5.72. The Labute approximate surface area is 56.6 Å². The van der Waals surface area contributed by atoms with Gasteiger partial charge in [-0.2, -0.15) is 0 Å². The summed E-state index contributed by atoms with van der Waals surface area (Å²) in [6.45, 7) is 8.54. The van der Waals surface area contributed by atoms with Gasteiger partial charge in [0, 0.05) is 13.5 Å². The van der Waals surface area contributed by atoms with Gasteiger partial charge in [0.05, 0.1) is 0 Å². The van der Waals surface area contributed by atoms with Crippen LogP contribution in [0.15, 0.2) is 0 Å². The second-order valence-corrected chi connectivity index (χ2v) is 3.47. The second-order valence-electron chi connectivity index (χ2n) is 3.47. The fourth-order valence-electron chi connectivity index (χ4n) is 0.390. The second kappa shape index (κ2) is 2.85. The number of carbonyl (C=O) groups is 1. The van der Waals surface area contributed by atoms with E-state index in [0.717, 1.165) is 6.54 Å². The van der Waals surface area contributed by atoms with Gasteiger partial charge in [0.15, 0.2) is 0 Å². The Morgan fingerprint density at radius 2 is 1.89 bits per heavy atom. The van der Waals surface area contributed by atoms with Crippen molar-refractivity contribution in [3.63, 3.8) is 0 Å². The van der Waals surface area contributed by atoms with E-state index < -0.39 is 0 Å². The van der Waals surface area contributed by atoms with Crippen molar-refractivity contribution in [1.82, 2.24) is 5.32 Å². The largest absolute Gasteiger partial charge is 0.356 e. The molecule has 9 heavy (non-hydrogen) atoms. The molecular formula is C7H15NO. The quantitative estimate of drug-likeness (QED) is 0.565. The molecule has 0 aromatic heterocycles. The first-order chi connectivity index (χ1) is 3.92. The smallest absolute Gasteiger partial charge is 0.216 e. The van der Waals surface area contributed by atoms with Crippen LogP contribution in [0.4, 0.5) is 0 Å². The number of nitrogens with one attached hydrogen (secondary N) is 1. The molecule has 0 aromatic carbocycles. The third-order valence-electron chi connectivity index (χ3n) is 0.868. The predicted octanol–water partition coefficient (Wildman–Crippen LogP) is 1.17. The standard InChI is InChI=1S/C7H15NO/c1-6(9)8-5-7(2,3)4/h5H2,1-4H3,(H,8,9). The van der Waals surface area contributed by atoms with Crippen LogP contribution in [-0.2, 0) is 4.79 Å². The van der Waals surface area contributed by atoms with E-state index in [2.05, 4.69) is 26.1 Å². The molecule has 0 unspecified atom stereocenters. The summed E-state index contributed by atoms with van der Waals surface area (Å²) in [4.78, 5) is 10.4. The molecule has 0 saturated carbocycles. The SMILES string of the molecule is CC(=O)NCC(C)(C)C. The van der Waals surface area contributed by atoms with Crippen LogP contribution in [0, 0.1) is 5.41 Å². The molecule has 2 heteroatoms. The number of amides is 1. The van der Waals surface area contributed by atoms with Crippen LogP contribution in [0.25, 0.3) is 0 Å². The lowest BCUT2D eigenvalue weighted by Gasteiger charge is -2.17. The lowest BCUT2D eigenvalue weighted by molar-refractivity contribution is -0.119. The van der Waals surface area contributed by atoms with Gasteiger partial charge in [-0.3, -0.25) is 4.79 Å². The lowest BCUT2D eigenvalue weighted by Crippen LogP contribution is -2.30. The zero-order valence-corrected chi connectivity index (χ0v) is 6.62. The number of hydrogen-bond donors (Lipinski definition) is 1. The zero-order valence-electron chi connectivity index (χ0n) is 6.62. The monoisotopic (exact) mass is 129 g/mol. The zero-order chi connectivity index (χ0) is 7.49. The minimum Gasteiger partial charge on any atom is -0.356 e. The summed E-state index contributed by atoms with van der Waals surface area (Å²) in [5.41, 5.74) is 0.200. The van der Waals surface area contributed by atoms with Crippen molar-refractivity contribution in [2.45, 2.75) is 27.7 Å². The lowest BCUT2D eigenvalue weighted by atomic mass is 9.97. The third-order valence-corrected chi connectivity index (χ3v) is 0.868. The summed E-state index contributed by atoms with van der Waals surface area (Å²) >= 11 is 0. The minimum atomic E-state index is 0.0462. The van der Waals surface area contributed by atoms with Gasteiger partial charge in [-0.25, -0.2) is 0 Å². The Bertz CT molecular complexity index is 102. The van der Waals surface area contributed by atoms with Crippen LogP contribution in [-0.4, -0.2) is 12.5 Å². The van der Waals surface area contributed by atoms with E-state index in [1.54, 1.807) is 0 Å². The van der Waals surface area contributed by atoms with Gasteiger partial charge < -0.3 is 5.32 Å². The molecule has 0 radical (unpaired) electrons. The number of carbonyl (C=O) groups excluding carboxylic acids is 1. The highest BCUT2D eigenvalue weighted by Crippen LogP contribution is 2.09. The molecule has 2 nitrogen and oxygen atoms in total. The Kier molecular flexibility index (Phi) is 2.68. The van der Waals surface area contributed by atoms with Crippen molar-refractivity contribution in [2.75, 3.05) is 6.54 Å². The van der Waals surface area contributed by atoms with E-state index in [1.165, 1.54) is 6.92 Å². The van der Waals surface area contributed by atoms with E-state index >= 15 is 0 Å². The van der Waals surface area contributed by atoms with Gasteiger partial charge >= 0.3 is 0 Å². The summed E-state index contributed by atoms with van der Waals surface area (Å²) < 4.78 is 0. The molecule has 0 atom stereocenters. The average molecular weight is 129 g/mol. The highest BCUT2D eigenvalue weighted by Gasteiger charge is 2.09. The molecule has 54 valence electrons. The van der Waals surface area contributed by atoms with Crippen LogP contribution in [0.5, 0.6) is 0 Å². The third kappa shape index (κ3) is 7.47. The maximum Gasteiger partial charge on any atom is 0.216 e. The Balaban J connectivity index is 3.39. The maximum atomic E-state index is 10.4. The topological polar surface area (TPSA) is 29.1 Å². The fourth-order valence-corrected chi connectivity index (χ4v) is 0.390. The van der Waals surface area contributed by atoms with Crippen LogP contribution in [0.2, 0.25) is 0 Å². The molecule has 0 rings (SSSR count). The Hall–Kier alpha value is -0.530. The summed E-state index contributed by atoms with van der Waals surface area (Å²) in [5, 5.41) is 2.75. The molecule has 1 amide bonds. The van der Waals surface area contributed by atoms with Crippen LogP contribution < -0.4 is 5.32 Å². The molecule has 0 aromatic rings. The van der Waals surface area contributed by atoms with E-state index in [0.29, 0.717) is 0 Å². The maximum absolute atomic E-state index is 10.4. The summed E-state index contributed by atoms with van der Waals surface area (Å²) in [6, 6.07) is 0. The molecule has 0 fully saturated rings. The van der Waals surface area contributed by atoms with Crippen LogP contribution in [0.3, 0.4) is 0 Å². The predicted molar refractivity (Wildman–Crippen MR) is 38.1 cm³/mol. The molecule has 0 aliphatic carbocycles.